The highest BCUT2D eigenvalue weighted by molar-refractivity contribution is 6.31. The minimum Gasteiger partial charge on any atom is -0.452 e. The first-order valence-corrected chi connectivity index (χ1v) is 6.64. The zero-order valence-electron chi connectivity index (χ0n) is 11.9. The van der Waals surface area contributed by atoms with Gasteiger partial charge >= 0.3 is 5.97 Å². The van der Waals surface area contributed by atoms with Crippen molar-refractivity contribution in [2.24, 2.45) is 7.05 Å². The van der Waals surface area contributed by atoms with Gasteiger partial charge in [0.1, 0.15) is 5.69 Å². The molecule has 0 saturated carbocycles. The number of nitrogens with zero attached hydrogens (tertiary/aromatic N) is 3. The summed E-state index contributed by atoms with van der Waals surface area (Å²) >= 11 is 5.75. The third kappa shape index (κ3) is 4.27. The molecule has 1 N–H and O–H groups in total. The van der Waals surface area contributed by atoms with Gasteiger partial charge in [0.25, 0.3) is 11.6 Å². The summed E-state index contributed by atoms with van der Waals surface area (Å²) in [5.74, 6) is -1.46. The first kappa shape index (κ1) is 16.4. The van der Waals surface area contributed by atoms with Crippen LogP contribution in [-0.4, -0.2) is 33.2 Å². The predicted molar refractivity (Wildman–Crippen MR) is 80.2 cm³/mol. The second-order valence-corrected chi connectivity index (χ2v) is 4.88. The molecule has 1 amide bonds. The molecule has 2 rings (SSSR count). The first-order valence-electron chi connectivity index (χ1n) is 6.26. The average molecular weight is 339 g/mol. The maximum atomic E-state index is 11.8. The third-order valence-electron chi connectivity index (χ3n) is 2.70. The van der Waals surface area contributed by atoms with Crippen molar-refractivity contribution < 1.29 is 19.2 Å². The van der Waals surface area contributed by atoms with E-state index < -0.39 is 23.4 Å². The fourth-order valence-corrected chi connectivity index (χ4v) is 1.87. The molecule has 0 aliphatic heterocycles. The normalized spacial score (nSPS) is 10.2. The molecule has 0 bridgehead atoms. The van der Waals surface area contributed by atoms with Gasteiger partial charge < -0.3 is 10.1 Å². The molecule has 0 unspecified atom stereocenters. The van der Waals surface area contributed by atoms with Gasteiger partial charge in [-0.15, -0.1) is 0 Å². The van der Waals surface area contributed by atoms with Gasteiger partial charge in [-0.2, -0.15) is 5.10 Å². The molecule has 2 aromatic rings. The van der Waals surface area contributed by atoms with Gasteiger partial charge in [0, 0.05) is 24.3 Å². The lowest BCUT2D eigenvalue weighted by Gasteiger charge is -2.07. The van der Waals surface area contributed by atoms with Crippen molar-refractivity contribution in [1.82, 2.24) is 9.78 Å². The van der Waals surface area contributed by atoms with Crippen LogP contribution in [0.25, 0.3) is 0 Å². The number of hydrogen-bond acceptors (Lipinski definition) is 6. The van der Waals surface area contributed by atoms with E-state index in [2.05, 4.69) is 10.4 Å². The van der Waals surface area contributed by atoms with E-state index in [0.717, 1.165) is 0 Å². The quantitative estimate of drug-likeness (QED) is 0.504. The van der Waals surface area contributed by atoms with Crippen LogP contribution in [0.1, 0.15) is 10.4 Å². The number of halogens is 1. The highest BCUT2D eigenvalue weighted by atomic mass is 35.5. The fraction of sp³-hybridized carbons (Fsp3) is 0.154. The number of anilines is 1. The van der Waals surface area contributed by atoms with Crippen LogP contribution in [0.5, 0.6) is 0 Å². The zero-order chi connectivity index (χ0) is 17.0. The molecule has 0 atom stereocenters. The van der Waals surface area contributed by atoms with Crippen molar-refractivity contribution in [3.8, 4) is 0 Å². The number of benzene rings is 1. The van der Waals surface area contributed by atoms with Gasteiger partial charge in [-0.25, -0.2) is 4.79 Å². The van der Waals surface area contributed by atoms with Crippen LogP contribution < -0.4 is 5.32 Å². The van der Waals surface area contributed by atoms with E-state index in [1.165, 1.54) is 35.3 Å². The third-order valence-corrected chi connectivity index (χ3v) is 2.94. The van der Waals surface area contributed by atoms with Gasteiger partial charge in [-0.3, -0.25) is 19.6 Å². The van der Waals surface area contributed by atoms with Crippen LogP contribution >= 0.6 is 11.6 Å². The molecule has 23 heavy (non-hydrogen) atoms. The standard InChI is InChI=1S/C13H11ClN4O5/c1-17-6-8(5-15-17)13(20)23-7-12(19)16-10-4-9(14)2-3-11(10)18(21)22/h2-6H,7H2,1H3,(H,16,19). The van der Waals surface area contributed by atoms with Gasteiger partial charge in [0.05, 0.1) is 16.7 Å². The number of hydrogen-bond donors (Lipinski definition) is 1. The van der Waals surface area contributed by atoms with Crippen molar-refractivity contribution in [2.45, 2.75) is 0 Å². The van der Waals surface area contributed by atoms with Crippen LogP contribution in [0.15, 0.2) is 30.6 Å². The number of nitrogens with one attached hydrogen (secondary N) is 1. The smallest absolute Gasteiger partial charge is 0.341 e. The van der Waals surface area contributed by atoms with E-state index in [1.807, 2.05) is 0 Å². The molecule has 120 valence electrons. The Kier molecular flexibility index (Phi) is 4.91. The number of carbonyl (C=O) groups excluding carboxylic acids is 2. The number of amides is 1. The Morgan fingerprint density at radius 1 is 1.48 bits per heavy atom. The van der Waals surface area contributed by atoms with Gasteiger partial charge in [0.2, 0.25) is 0 Å². The molecule has 0 aliphatic carbocycles. The minimum absolute atomic E-state index is 0.0788. The van der Waals surface area contributed by atoms with Crippen LogP contribution in [0.3, 0.4) is 0 Å². The summed E-state index contributed by atoms with van der Waals surface area (Å²) in [6.07, 6.45) is 2.73. The largest absolute Gasteiger partial charge is 0.452 e. The van der Waals surface area contributed by atoms with Crippen molar-refractivity contribution in [3.63, 3.8) is 0 Å². The maximum absolute atomic E-state index is 11.8. The lowest BCUT2D eigenvalue weighted by atomic mass is 10.2. The Bertz CT molecular complexity index is 773. The maximum Gasteiger partial charge on any atom is 0.341 e. The fourth-order valence-electron chi connectivity index (χ4n) is 1.69. The average Bonchev–Trinajstić information content (AvgIpc) is 2.91. The number of rotatable bonds is 5. The molecule has 0 aliphatic rings. The zero-order valence-corrected chi connectivity index (χ0v) is 12.6. The molecular weight excluding hydrogens is 328 g/mol. The van der Waals surface area contributed by atoms with Crippen molar-refractivity contribution >= 4 is 34.9 Å². The summed E-state index contributed by atoms with van der Waals surface area (Å²) in [5.41, 5.74) is -0.208. The number of aromatic nitrogens is 2. The Balaban J connectivity index is 1.99. The molecule has 1 aromatic heterocycles. The number of ether oxygens (including phenoxy) is 1. The van der Waals surface area contributed by atoms with E-state index in [-0.39, 0.29) is 22.0 Å². The molecule has 10 heteroatoms. The predicted octanol–water partition coefficient (Wildman–Crippen LogP) is 1.78. The summed E-state index contributed by atoms with van der Waals surface area (Å²) < 4.78 is 6.21. The molecule has 1 aromatic carbocycles. The van der Waals surface area contributed by atoms with Gasteiger partial charge in [-0.05, 0) is 12.1 Å². The second-order valence-electron chi connectivity index (χ2n) is 4.45. The van der Waals surface area contributed by atoms with Crippen LogP contribution in [0.2, 0.25) is 5.02 Å². The Morgan fingerprint density at radius 3 is 2.83 bits per heavy atom. The first-order chi connectivity index (χ1) is 10.9. The van der Waals surface area contributed by atoms with E-state index in [1.54, 1.807) is 7.05 Å². The highest BCUT2D eigenvalue weighted by Crippen LogP contribution is 2.27. The Morgan fingerprint density at radius 2 is 2.22 bits per heavy atom. The molecule has 0 saturated heterocycles. The summed E-state index contributed by atoms with van der Waals surface area (Å²) in [7, 11) is 1.63. The van der Waals surface area contributed by atoms with E-state index in [0.29, 0.717) is 0 Å². The van der Waals surface area contributed by atoms with Gasteiger partial charge in [-0.1, -0.05) is 11.6 Å². The van der Waals surface area contributed by atoms with Gasteiger partial charge in [0.15, 0.2) is 6.61 Å². The summed E-state index contributed by atoms with van der Waals surface area (Å²) in [4.78, 5) is 33.6. The Labute approximate surface area is 134 Å². The van der Waals surface area contributed by atoms with Crippen molar-refractivity contribution in [2.75, 3.05) is 11.9 Å². The van der Waals surface area contributed by atoms with E-state index in [9.17, 15) is 19.7 Å². The van der Waals surface area contributed by atoms with Crippen molar-refractivity contribution in [1.29, 1.82) is 0 Å². The summed E-state index contributed by atoms with van der Waals surface area (Å²) in [6.45, 7) is -0.600. The van der Waals surface area contributed by atoms with Crippen molar-refractivity contribution in [3.05, 3.63) is 51.3 Å². The number of nitro groups is 1. The second kappa shape index (κ2) is 6.88. The topological polar surface area (TPSA) is 116 Å². The number of aryl methyl sites for hydroxylation is 1. The number of carbonyl (C=O) groups is 2. The van der Waals surface area contributed by atoms with Crippen LogP contribution in [0.4, 0.5) is 11.4 Å². The molecular formula is C13H11ClN4O5. The lowest BCUT2D eigenvalue weighted by molar-refractivity contribution is -0.383. The van der Waals surface area contributed by atoms with E-state index in [4.69, 9.17) is 16.3 Å². The molecule has 9 nitrogen and oxygen atoms in total. The number of esters is 1. The molecule has 0 radical (unpaired) electrons. The monoisotopic (exact) mass is 338 g/mol. The highest BCUT2D eigenvalue weighted by Gasteiger charge is 2.17. The Hall–Kier alpha value is -2.94. The summed E-state index contributed by atoms with van der Waals surface area (Å²) in [6, 6.07) is 3.73. The minimum atomic E-state index is -0.729. The summed E-state index contributed by atoms with van der Waals surface area (Å²) in [5, 5.41) is 17.2. The molecule has 0 spiro atoms. The number of nitro benzene ring substituents is 1. The lowest BCUT2D eigenvalue weighted by Crippen LogP contribution is -2.21. The molecule has 0 fully saturated rings. The molecule has 1 heterocycles. The SMILES string of the molecule is Cn1cc(C(=O)OCC(=O)Nc2cc(Cl)ccc2[N+](=O)[O-])cn1. The van der Waals surface area contributed by atoms with Crippen LogP contribution in [0, 0.1) is 10.1 Å². The van der Waals surface area contributed by atoms with Crippen LogP contribution in [-0.2, 0) is 16.6 Å². The van der Waals surface area contributed by atoms with E-state index >= 15 is 0 Å².